The maximum absolute atomic E-state index is 11.9. The molecule has 0 saturated carbocycles. The van der Waals surface area contributed by atoms with Crippen LogP contribution in [0.3, 0.4) is 0 Å². The second-order valence-corrected chi connectivity index (χ2v) is 6.60. The molecule has 1 heterocycles. The topological polar surface area (TPSA) is 54.9 Å². The summed E-state index contributed by atoms with van der Waals surface area (Å²) in [7, 11) is 0. The van der Waals surface area contributed by atoms with Gasteiger partial charge in [-0.15, -0.1) is 0 Å². The monoisotopic (exact) mass is 385 g/mol. The van der Waals surface area contributed by atoms with Crippen molar-refractivity contribution in [1.82, 2.24) is 9.97 Å². The third kappa shape index (κ3) is 4.98. The first kappa shape index (κ1) is 16.3. The quantitative estimate of drug-likeness (QED) is 0.631. The van der Waals surface area contributed by atoms with Crippen LogP contribution in [-0.2, 0) is 4.79 Å². The van der Waals surface area contributed by atoms with Gasteiger partial charge >= 0.3 is 0 Å². The molecule has 1 aromatic heterocycles. The van der Waals surface area contributed by atoms with Gasteiger partial charge in [0.1, 0.15) is 0 Å². The molecule has 21 heavy (non-hydrogen) atoms. The minimum atomic E-state index is -0.114. The van der Waals surface area contributed by atoms with Crippen molar-refractivity contribution in [2.24, 2.45) is 0 Å². The first-order valence-electron chi connectivity index (χ1n) is 6.14. The van der Waals surface area contributed by atoms with Crippen molar-refractivity contribution in [2.45, 2.75) is 19.0 Å². The van der Waals surface area contributed by atoms with Crippen LogP contribution in [0, 0.1) is 13.8 Å². The van der Waals surface area contributed by atoms with E-state index in [4.69, 9.17) is 11.6 Å². The van der Waals surface area contributed by atoms with E-state index >= 15 is 0 Å². The number of rotatable bonds is 4. The lowest BCUT2D eigenvalue weighted by atomic mass is 10.3. The highest BCUT2D eigenvalue weighted by atomic mass is 79.9. The molecule has 0 spiro atoms. The van der Waals surface area contributed by atoms with Gasteiger partial charge < -0.3 is 5.32 Å². The minimum absolute atomic E-state index is 0.114. The van der Waals surface area contributed by atoms with Gasteiger partial charge in [0.05, 0.1) is 10.8 Å². The van der Waals surface area contributed by atoms with Crippen molar-refractivity contribution in [3.63, 3.8) is 0 Å². The van der Waals surface area contributed by atoms with Crippen LogP contribution in [0.1, 0.15) is 11.4 Å². The Balaban J connectivity index is 1.94. The van der Waals surface area contributed by atoms with Gasteiger partial charge in [0.15, 0.2) is 5.16 Å². The highest BCUT2D eigenvalue weighted by Gasteiger charge is 2.07. The predicted octanol–water partition coefficient (Wildman–Crippen LogP) is 4.24. The van der Waals surface area contributed by atoms with Gasteiger partial charge in [-0.1, -0.05) is 23.4 Å². The number of aromatic nitrogens is 2. The molecule has 0 saturated heterocycles. The zero-order valence-corrected chi connectivity index (χ0v) is 14.6. The molecule has 1 amide bonds. The molecule has 2 aromatic rings. The Morgan fingerprint density at radius 2 is 1.95 bits per heavy atom. The van der Waals surface area contributed by atoms with E-state index in [-0.39, 0.29) is 11.7 Å². The molecule has 0 bridgehead atoms. The summed E-state index contributed by atoms with van der Waals surface area (Å²) in [4.78, 5) is 20.5. The van der Waals surface area contributed by atoms with Crippen LogP contribution in [0.25, 0.3) is 0 Å². The highest BCUT2D eigenvalue weighted by molar-refractivity contribution is 9.10. The van der Waals surface area contributed by atoms with E-state index < -0.39 is 0 Å². The number of aryl methyl sites for hydroxylation is 2. The fourth-order valence-electron chi connectivity index (χ4n) is 1.66. The highest BCUT2D eigenvalue weighted by Crippen LogP contribution is 2.25. The zero-order valence-electron chi connectivity index (χ0n) is 11.5. The molecule has 1 N–H and O–H groups in total. The average Bonchev–Trinajstić information content (AvgIpc) is 2.40. The Hall–Kier alpha value is -1.11. The number of hydrogen-bond acceptors (Lipinski definition) is 4. The molecule has 0 radical (unpaired) electrons. The summed E-state index contributed by atoms with van der Waals surface area (Å²) in [5.41, 5.74) is 2.48. The zero-order chi connectivity index (χ0) is 15.4. The molecule has 0 aliphatic rings. The molecule has 4 nitrogen and oxygen atoms in total. The van der Waals surface area contributed by atoms with Gasteiger partial charge in [0.25, 0.3) is 0 Å². The molecular formula is C14H13BrClN3OS. The van der Waals surface area contributed by atoms with Crippen LogP contribution in [0.4, 0.5) is 5.69 Å². The SMILES string of the molecule is Cc1cc(C)nc(SCC(=O)Nc2ccc(Cl)c(Br)c2)n1. The number of nitrogens with zero attached hydrogens (tertiary/aromatic N) is 2. The van der Waals surface area contributed by atoms with Crippen LogP contribution in [-0.4, -0.2) is 21.6 Å². The number of benzene rings is 1. The first-order valence-corrected chi connectivity index (χ1v) is 8.29. The lowest BCUT2D eigenvalue weighted by Crippen LogP contribution is -2.14. The molecular weight excluding hydrogens is 374 g/mol. The van der Waals surface area contributed by atoms with Gasteiger partial charge in [-0.05, 0) is 54.0 Å². The first-order chi connectivity index (χ1) is 9.94. The van der Waals surface area contributed by atoms with Crippen molar-refractivity contribution < 1.29 is 4.79 Å². The molecule has 2 rings (SSSR count). The van der Waals surface area contributed by atoms with Crippen molar-refractivity contribution in [2.75, 3.05) is 11.1 Å². The minimum Gasteiger partial charge on any atom is -0.325 e. The maximum Gasteiger partial charge on any atom is 0.234 e. The van der Waals surface area contributed by atoms with Crippen LogP contribution in [0.2, 0.25) is 5.02 Å². The predicted molar refractivity (Wildman–Crippen MR) is 90.0 cm³/mol. The lowest BCUT2D eigenvalue weighted by Gasteiger charge is -2.06. The smallest absolute Gasteiger partial charge is 0.234 e. The second-order valence-electron chi connectivity index (χ2n) is 4.40. The third-order valence-corrected chi connectivity index (χ3v) is 4.56. The Kier molecular flexibility index (Phi) is 5.61. The molecule has 0 fully saturated rings. The Morgan fingerprint density at radius 1 is 1.29 bits per heavy atom. The van der Waals surface area contributed by atoms with E-state index in [1.807, 2.05) is 19.9 Å². The van der Waals surface area contributed by atoms with Crippen molar-refractivity contribution >= 4 is 50.9 Å². The van der Waals surface area contributed by atoms with E-state index in [1.165, 1.54) is 11.8 Å². The number of carbonyl (C=O) groups is 1. The Bertz CT molecular complexity index is 661. The summed E-state index contributed by atoms with van der Waals surface area (Å²) in [6.45, 7) is 3.81. The largest absolute Gasteiger partial charge is 0.325 e. The van der Waals surface area contributed by atoms with Gasteiger partial charge in [-0.3, -0.25) is 4.79 Å². The van der Waals surface area contributed by atoms with Gasteiger partial charge in [-0.2, -0.15) is 0 Å². The molecule has 0 aliphatic carbocycles. The van der Waals surface area contributed by atoms with Gasteiger partial charge in [0, 0.05) is 21.5 Å². The number of halogens is 2. The fourth-order valence-corrected chi connectivity index (χ4v) is 2.90. The molecule has 0 unspecified atom stereocenters. The molecule has 110 valence electrons. The standard InChI is InChI=1S/C14H13BrClN3OS/c1-8-5-9(2)18-14(17-8)21-7-13(20)19-10-3-4-12(16)11(15)6-10/h3-6H,7H2,1-2H3,(H,19,20). The fraction of sp³-hybridized carbons (Fsp3) is 0.214. The third-order valence-electron chi connectivity index (χ3n) is 2.50. The van der Waals surface area contributed by atoms with E-state index in [9.17, 15) is 4.79 Å². The average molecular weight is 387 g/mol. The van der Waals surface area contributed by atoms with E-state index in [1.54, 1.807) is 18.2 Å². The summed E-state index contributed by atoms with van der Waals surface area (Å²) in [5, 5.41) is 4.02. The van der Waals surface area contributed by atoms with Crippen molar-refractivity contribution in [3.8, 4) is 0 Å². The Morgan fingerprint density at radius 3 is 2.57 bits per heavy atom. The number of anilines is 1. The van der Waals surface area contributed by atoms with Crippen molar-refractivity contribution in [1.29, 1.82) is 0 Å². The molecule has 1 aromatic carbocycles. The van der Waals surface area contributed by atoms with E-state index in [0.29, 0.717) is 15.9 Å². The van der Waals surface area contributed by atoms with Crippen LogP contribution in [0.15, 0.2) is 33.9 Å². The van der Waals surface area contributed by atoms with Gasteiger partial charge in [0.2, 0.25) is 5.91 Å². The van der Waals surface area contributed by atoms with Crippen molar-refractivity contribution in [3.05, 3.63) is 45.1 Å². The molecule has 7 heteroatoms. The molecule has 0 atom stereocenters. The number of amides is 1. The summed E-state index contributed by atoms with van der Waals surface area (Å²) >= 11 is 10.5. The van der Waals surface area contributed by atoms with Crippen LogP contribution >= 0.6 is 39.3 Å². The number of nitrogens with one attached hydrogen (secondary N) is 1. The number of thioether (sulfide) groups is 1. The summed E-state index contributed by atoms with van der Waals surface area (Å²) in [6, 6.07) is 7.14. The second kappa shape index (κ2) is 7.24. The van der Waals surface area contributed by atoms with Crippen LogP contribution < -0.4 is 5.32 Å². The summed E-state index contributed by atoms with van der Waals surface area (Å²) < 4.78 is 0.743. The number of hydrogen-bond donors (Lipinski definition) is 1. The summed E-state index contributed by atoms with van der Waals surface area (Å²) in [6.07, 6.45) is 0. The summed E-state index contributed by atoms with van der Waals surface area (Å²) in [5.74, 6) is 0.139. The van der Waals surface area contributed by atoms with Gasteiger partial charge in [-0.25, -0.2) is 9.97 Å². The Labute approximate surface area is 140 Å². The molecule has 0 aliphatic heterocycles. The maximum atomic E-state index is 11.9. The van der Waals surface area contributed by atoms with E-state index in [0.717, 1.165) is 15.9 Å². The van der Waals surface area contributed by atoms with E-state index in [2.05, 4.69) is 31.2 Å². The lowest BCUT2D eigenvalue weighted by molar-refractivity contribution is -0.113. The number of carbonyl (C=O) groups excluding carboxylic acids is 1. The van der Waals surface area contributed by atoms with Crippen LogP contribution in [0.5, 0.6) is 0 Å². The normalized spacial score (nSPS) is 10.5.